The van der Waals surface area contributed by atoms with Crippen LogP contribution < -0.4 is 10.1 Å². The highest BCUT2D eigenvalue weighted by Gasteiger charge is 2.34. The summed E-state index contributed by atoms with van der Waals surface area (Å²) in [5.74, 6) is 1.65. The molecule has 0 bridgehead atoms. The van der Waals surface area contributed by atoms with Gasteiger partial charge < -0.3 is 19.5 Å². The Kier molecular flexibility index (Phi) is 5.29. The molecule has 1 aromatic heterocycles. The lowest BCUT2D eigenvalue weighted by Crippen LogP contribution is -2.34. The minimum absolute atomic E-state index is 0.175. The number of rotatable bonds is 4. The molecule has 1 N–H and O–H groups in total. The summed E-state index contributed by atoms with van der Waals surface area (Å²) in [6.45, 7) is 0.643. The number of urea groups is 1. The van der Waals surface area contributed by atoms with Crippen molar-refractivity contribution in [1.82, 2.24) is 15.0 Å². The summed E-state index contributed by atoms with van der Waals surface area (Å²) in [5.41, 5.74) is 1.54. The molecule has 28 heavy (non-hydrogen) atoms. The predicted octanol–water partition coefficient (Wildman–Crippen LogP) is 4.88. The topological polar surface area (TPSA) is 80.5 Å². The number of nitrogens with one attached hydrogen (secondary N) is 1. The Morgan fingerprint density at radius 3 is 2.89 bits per heavy atom. The summed E-state index contributed by atoms with van der Waals surface area (Å²) in [4.78, 5) is 19.0. The zero-order valence-corrected chi connectivity index (χ0v) is 16.8. The number of likely N-dealkylation sites (tertiary alicyclic amines) is 1. The van der Waals surface area contributed by atoms with Crippen LogP contribution in [-0.4, -0.2) is 34.7 Å². The van der Waals surface area contributed by atoms with Crippen molar-refractivity contribution >= 4 is 27.6 Å². The standard InChI is InChI=1S/C20H19BrN4O3/c1-27-16-5-2-4-13(12-16)18-23-19(28-24-18)17-6-3-11-25(17)20(26)22-15-9-7-14(21)8-10-15/h2,4-5,7-10,12,17H,3,6,11H2,1H3,(H,22,26)/t17-/m0/s1. The molecule has 0 unspecified atom stereocenters. The van der Waals surface area contributed by atoms with E-state index < -0.39 is 0 Å². The molecule has 3 aromatic rings. The lowest BCUT2D eigenvalue weighted by atomic mass is 10.2. The van der Waals surface area contributed by atoms with E-state index in [1.807, 2.05) is 48.5 Å². The Balaban J connectivity index is 1.51. The fourth-order valence-corrected chi connectivity index (χ4v) is 3.51. The van der Waals surface area contributed by atoms with Gasteiger partial charge in [-0.2, -0.15) is 4.98 Å². The summed E-state index contributed by atoms with van der Waals surface area (Å²) in [6.07, 6.45) is 1.67. The highest BCUT2D eigenvalue weighted by Crippen LogP contribution is 2.33. The molecule has 0 radical (unpaired) electrons. The van der Waals surface area contributed by atoms with E-state index in [4.69, 9.17) is 9.26 Å². The van der Waals surface area contributed by atoms with Gasteiger partial charge in [-0.3, -0.25) is 0 Å². The van der Waals surface area contributed by atoms with E-state index >= 15 is 0 Å². The lowest BCUT2D eigenvalue weighted by molar-refractivity contribution is 0.193. The van der Waals surface area contributed by atoms with Gasteiger partial charge >= 0.3 is 6.03 Å². The SMILES string of the molecule is COc1cccc(-c2noc([C@@H]3CCCN3C(=O)Nc3ccc(Br)cc3)n2)c1. The molecule has 7 nitrogen and oxygen atoms in total. The van der Waals surface area contributed by atoms with Gasteiger partial charge in [-0.05, 0) is 49.2 Å². The van der Waals surface area contributed by atoms with Gasteiger partial charge in [0.2, 0.25) is 11.7 Å². The van der Waals surface area contributed by atoms with E-state index in [0.29, 0.717) is 18.3 Å². The molecule has 0 saturated carbocycles. The first-order valence-corrected chi connectivity index (χ1v) is 9.74. The number of benzene rings is 2. The molecular weight excluding hydrogens is 424 g/mol. The summed E-state index contributed by atoms with van der Waals surface area (Å²) < 4.78 is 11.7. The molecule has 144 valence electrons. The summed E-state index contributed by atoms with van der Waals surface area (Å²) in [7, 11) is 1.61. The van der Waals surface area contributed by atoms with Gasteiger partial charge in [0.1, 0.15) is 11.8 Å². The van der Waals surface area contributed by atoms with Gasteiger partial charge in [0.15, 0.2) is 0 Å². The number of aromatic nitrogens is 2. The largest absolute Gasteiger partial charge is 0.497 e. The van der Waals surface area contributed by atoms with Gasteiger partial charge in [0, 0.05) is 22.3 Å². The van der Waals surface area contributed by atoms with Gasteiger partial charge in [-0.15, -0.1) is 0 Å². The van der Waals surface area contributed by atoms with Crippen LogP contribution in [0, 0.1) is 0 Å². The zero-order chi connectivity index (χ0) is 19.5. The monoisotopic (exact) mass is 442 g/mol. The summed E-state index contributed by atoms with van der Waals surface area (Å²) in [5, 5.41) is 7.01. The van der Waals surface area contributed by atoms with Crippen molar-refractivity contribution in [3.8, 4) is 17.1 Å². The van der Waals surface area contributed by atoms with Gasteiger partial charge in [0.25, 0.3) is 0 Å². The number of ether oxygens (including phenoxy) is 1. The van der Waals surface area contributed by atoms with Crippen LogP contribution in [-0.2, 0) is 0 Å². The van der Waals surface area contributed by atoms with Crippen molar-refractivity contribution in [2.24, 2.45) is 0 Å². The van der Waals surface area contributed by atoms with E-state index in [-0.39, 0.29) is 12.1 Å². The molecule has 1 aliphatic rings. The van der Waals surface area contributed by atoms with Crippen LogP contribution in [0.4, 0.5) is 10.5 Å². The zero-order valence-electron chi connectivity index (χ0n) is 15.3. The molecule has 1 fully saturated rings. The molecule has 8 heteroatoms. The third kappa shape index (κ3) is 3.87. The number of amides is 2. The molecule has 1 atom stereocenters. The number of anilines is 1. The Hall–Kier alpha value is -2.87. The summed E-state index contributed by atoms with van der Waals surface area (Å²) in [6, 6.07) is 14.5. The molecule has 2 amide bonds. The number of methoxy groups -OCH3 is 1. The van der Waals surface area contributed by atoms with Crippen LogP contribution in [0.3, 0.4) is 0 Å². The maximum atomic E-state index is 12.7. The summed E-state index contributed by atoms with van der Waals surface area (Å²) >= 11 is 3.39. The van der Waals surface area contributed by atoms with Gasteiger partial charge in [0.05, 0.1) is 7.11 Å². The van der Waals surface area contributed by atoms with E-state index in [0.717, 1.165) is 34.3 Å². The molecule has 4 rings (SSSR count). The van der Waals surface area contributed by atoms with Crippen molar-refractivity contribution in [3.05, 3.63) is 58.9 Å². The van der Waals surface area contributed by atoms with Crippen molar-refractivity contribution in [3.63, 3.8) is 0 Å². The van der Waals surface area contributed by atoms with Gasteiger partial charge in [-0.1, -0.05) is 33.2 Å². The molecule has 1 aliphatic heterocycles. The first-order valence-electron chi connectivity index (χ1n) is 8.95. The number of hydrogen-bond donors (Lipinski definition) is 1. The normalized spacial score (nSPS) is 16.2. The van der Waals surface area contributed by atoms with E-state index in [1.165, 1.54) is 0 Å². The third-order valence-corrected chi connectivity index (χ3v) is 5.19. The van der Waals surface area contributed by atoms with Crippen molar-refractivity contribution in [2.75, 3.05) is 19.0 Å². The van der Waals surface area contributed by atoms with Crippen molar-refractivity contribution < 1.29 is 14.1 Å². The second-order valence-electron chi connectivity index (χ2n) is 6.48. The fraction of sp³-hybridized carbons (Fsp3) is 0.250. The lowest BCUT2D eigenvalue weighted by Gasteiger charge is -2.22. The van der Waals surface area contributed by atoms with Crippen LogP contribution in [0.2, 0.25) is 0 Å². The number of hydrogen-bond acceptors (Lipinski definition) is 5. The molecule has 0 aliphatic carbocycles. The Labute approximate surface area is 170 Å². The molecular formula is C20H19BrN4O3. The minimum Gasteiger partial charge on any atom is -0.497 e. The van der Waals surface area contributed by atoms with Gasteiger partial charge in [-0.25, -0.2) is 4.79 Å². The van der Waals surface area contributed by atoms with Crippen LogP contribution in [0.15, 0.2) is 57.5 Å². The van der Waals surface area contributed by atoms with E-state index in [9.17, 15) is 4.79 Å². The van der Waals surface area contributed by atoms with E-state index in [2.05, 4.69) is 31.4 Å². The second-order valence-corrected chi connectivity index (χ2v) is 7.39. The maximum absolute atomic E-state index is 12.7. The Morgan fingerprint density at radius 1 is 1.29 bits per heavy atom. The molecule has 0 spiro atoms. The first-order chi connectivity index (χ1) is 13.6. The number of nitrogens with zero attached hydrogens (tertiary/aromatic N) is 3. The maximum Gasteiger partial charge on any atom is 0.322 e. The van der Waals surface area contributed by atoms with Crippen molar-refractivity contribution in [2.45, 2.75) is 18.9 Å². The minimum atomic E-state index is -0.234. The average Bonchev–Trinajstić information content (AvgIpc) is 3.39. The number of halogens is 1. The molecule has 2 aromatic carbocycles. The quantitative estimate of drug-likeness (QED) is 0.622. The average molecular weight is 443 g/mol. The highest BCUT2D eigenvalue weighted by atomic mass is 79.9. The number of carbonyl (C=O) groups is 1. The Morgan fingerprint density at radius 2 is 2.11 bits per heavy atom. The predicted molar refractivity (Wildman–Crippen MR) is 108 cm³/mol. The highest BCUT2D eigenvalue weighted by molar-refractivity contribution is 9.10. The smallest absolute Gasteiger partial charge is 0.322 e. The van der Waals surface area contributed by atoms with Crippen LogP contribution in [0.25, 0.3) is 11.4 Å². The molecule has 2 heterocycles. The molecule has 1 saturated heterocycles. The Bertz CT molecular complexity index is 974. The number of carbonyl (C=O) groups excluding carboxylic acids is 1. The fourth-order valence-electron chi connectivity index (χ4n) is 3.24. The van der Waals surface area contributed by atoms with Crippen LogP contribution in [0.5, 0.6) is 5.75 Å². The van der Waals surface area contributed by atoms with Crippen LogP contribution in [0.1, 0.15) is 24.8 Å². The third-order valence-electron chi connectivity index (χ3n) is 4.66. The van der Waals surface area contributed by atoms with Crippen LogP contribution >= 0.6 is 15.9 Å². The first kappa shape index (κ1) is 18.5. The second kappa shape index (κ2) is 8.02. The van der Waals surface area contributed by atoms with E-state index in [1.54, 1.807) is 12.0 Å². The van der Waals surface area contributed by atoms with Crippen molar-refractivity contribution in [1.29, 1.82) is 0 Å².